The van der Waals surface area contributed by atoms with Crippen molar-refractivity contribution in [2.45, 2.75) is 44.1 Å². The summed E-state index contributed by atoms with van der Waals surface area (Å²) in [6.45, 7) is 9.47. The van der Waals surface area contributed by atoms with Gasteiger partial charge < -0.3 is 5.32 Å². The molecule has 0 radical (unpaired) electrons. The summed E-state index contributed by atoms with van der Waals surface area (Å²) in [6, 6.07) is 0.534. The van der Waals surface area contributed by atoms with Gasteiger partial charge in [-0.15, -0.1) is 0 Å². The number of aromatic nitrogens is 2. The molecule has 84 valence electrons. The molecule has 4 heteroatoms. The summed E-state index contributed by atoms with van der Waals surface area (Å²) in [6.07, 6.45) is 3.72. The number of thioether (sulfide) groups is 1. The lowest BCUT2D eigenvalue weighted by Crippen LogP contribution is -2.29. The summed E-state index contributed by atoms with van der Waals surface area (Å²) >= 11 is 1.71. The molecule has 0 amide bonds. The number of nitrogens with one attached hydrogen (secondary N) is 1. The maximum atomic E-state index is 4.27. The van der Waals surface area contributed by atoms with E-state index in [1.807, 2.05) is 19.3 Å². The molecule has 15 heavy (non-hydrogen) atoms. The maximum absolute atomic E-state index is 4.27. The summed E-state index contributed by atoms with van der Waals surface area (Å²) in [7, 11) is 0. The Morgan fingerprint density at radius 2 is 1.87 bits per heavy atom. The van der Waals surface area contributed by atoms with E-state index in [9.17, 15) is 0 Å². The maximum Gasteiger partial charge on any atom is 0.187 e. The van der Waals surface area contributed by atoms with Gasteiger partial charge in [-0.2, -0.15) is 0 Å². The minimum absolute atomic E-state index is 0.495. The van der Waals surface area contributed by atoms with Gasteiger partial charge in [0.15, 0.2) is 5.16 Å². The molecular weight excluding hydrogens is 206 g/mol. The third-order valence-corrected chi connectivity index (χ3v) is 2.87. The minimum Gasteiger partial charge on any atom is -0.313 e. The standard InChI is InChI=1S/C11H19N3S/c1-8(2)12-7-10(4)15-11-13-5-9(3)6-14-11/h5-6,8,10,12H,7H2,1-4H3. The van der Waals surface area contributed by atoms with Crippen LogP contribution < -0.4 is 5.32 Å². The van der Waals surface area contributed by atoms with E-state index in [0.717, 1.165) is 17.3 Å². The van der Waals surface area contributed by atoms with Crippen LogP contribution in [0.15, 0.2) is 17.6 Å². The first kappa shape index (κ1) is 12.5. The first-order chi connectivity index (χ1) is 7.08. The zero-order valence-corrected chi connectivity index (χ0v) is 10.6. The SMILES string of the molecule is Cc1cnc(SC(C)CNC(C)C)nc1. The lowest BCUT2D eigenvalue weighted by molar-refractivity contribution is 0.588. The fourth-order valence-electron chi connectivity index (χ4n) is 1.06. The molecule has 0 aliphatic rings. The van der Waals surface area contributed by atoms with Crippen LogP contribution in [0.3, 0.4) is 0 Å². The van der Waals surface area contributed by atoms with Crippen LogP contribution in [0, 0.1) is 6.92 Å². The van der Waals surface area contributed by atoms with Crippen LogP contribution in [-0.4, -0.2) is 27.8 Å². The van der Waals surface area contributed by atoms with Crippen molar-refractivity contribution in [3.8, 4) is 0 Å². The van der Waals surface area contributed by atoms with Gasteiger partial charge in [-0.3, -0.25) is 0 Å². The molecule has 0 spiro atoms. The highest BCUT2D eigenvalue weighted by atomic mass is 32.2. The van der Waals surface area contributed by atoms with Crippen LogP contribution >= 0.6 is 11.8 Å². The summed E-state index contributed by atoms with van der Waals surface area (Å²) < 4.78 is 0. The zero-order valence-electron chi connectivity index (χ0n) is 9.82. The van der Waals surface area contributed by atoms with Gasteiger partial charge >= 0.3 is 0 Å². The van der Waals surface area contributed by atoms with Gasteiger partial charge in [0.25, 0.3) is 0 Å². The van der Waals surface area contributed by atoms with Crippen LogP contribution in [0.1, 0.15) is 26.3 Å². The van der Waals surface area contributed by atoms with Crippen LogP contribution in [-0.2, 0) is 0 Å². The van der Waals surface area contributed by atoms with Crippen molar-refractivity contribution < 1.29 is 0 Å². The Labute approximate surface area is 96.1 Å². The van der Waals surface area contributed by atoms with Crippen molar-refractivity contribution in [3.05, 3.63) is 18.0 Å². The number of aryl methyl sites for hydroxylation is 1. The van der Waals surface area contributed by atoms with E-state index < -0.39 is 0 Å². The number of rotatable bonds is 5. The third-order valence-electron chi connectivity index (χ3n) is 1.88. The molecule has 0 saturated heterocycles. The van der Waals surface area contributed by atoms with Crippen molar-refractivity contribution in [1.82, 2.24) is 15.3 Å². The Morgan fingerprint density at radius 1 is 1.27 bits per heavy atom. The molecule has 1 rings (SSSR count). The van der Waals surface area contributed by atoms with Crippen molar-refractivity contribution in [1.29, 1.82) is 0 Å². The molecule has 1 heterocycles. The predicted molar refractivity (Wildman–Crippen MR) is 65.2 cm³/mol. The number of nitrogens with zero attached hydrogens (tertiary/aromatic N) is 2. The summed E-state index contributed by atoms with van der Waals surface area (Å²) in [5, 5.41) is 4.76. The lowest BCUT2D eigenvalue weighted by atomic mass is 10.3. The summed E-state index contributed by atoms with van der Waals surface area (Å²) in [5.41, 5.74) is 1.10. The molecule has 0 aliphatic carbocycles. The Balaban J connectivity index is 2.37. The van der Waals surface area contributed by atoms with E-state index in [1.165, 1.54) is 0 Å². The minimum atomic E-state index is 0.495. The molecule has 1 aromatic heterocycles. The van der Waals surface area contributed by atoms with E-state index in [1.54, 1.807) is 11.8 Å². The topological polar surface area (TPSA) is 37.8 Å². The first-order valence-corrected chi connectivity index (χ1v) is 6.14. The fourth-order valence-corrected chi connectivity index (χ4v) is 1.83. The lowest BCUT2D eigenvalue weighted by Gasteiger charge is -2.13. The van der Waals surface area contributed by atoms with Gasteiger partial charge in [0.2, 0.25) is 0 Å². The average molecular weight is 225 g/mol. The highest BCUT2D eigenvalue weighted by Gasteiger charge is 2.06. The zero-order chi connectivity index (χ0) is 11.3. The molecule has 0 aliphatic heterocycles. The van der Waals surface area contributed by atoms with Gasteiger partial charge in [-0.1, -0.05) is 32.5 Å². The molecule has 0 aromatic carbocycles. The van der Waals surface area contributed by atoms with E-state index in [2.05, 4.69) is 36.1 Å². The Bertz CT molecular complexity index is 284. The van der Waals surface area contributed by atoms with E-state index in [4.69, 9.17) is 0 Å². The Kier molecular flexibility index (Phi) is 5.05. The smallest absolute Gasteiger partial charge is 0.187 e. The van der Waals surface area contributed by atoms with E-state index in [0.29, 0.717) is 11.3 Å². The highest BCUT2D eigenvalue weighted by molar-refractivity contribution is 7.99. The Morgan fingerprint density at radius 3 is 2.40 bits per heavy atom. The summed E-state index contributed by atoms with van der Waals surface area (Å²) in [5.74, 6) is 0. The summed E-state index contributed by atoms with van der Waals surface area (Å²) in [4.78, 5) is 8.54. The van der Waals surface area contributed by atoms with Crippen LogP contribution in [0.2, 0.25) is 0 Å². The molecule has 1 N–H and O–H groups in total. The molecule has 1 aromatic rings. The van der Waals surface area contributed by atoms with Gasteiger partial charge in [0.05, 0.1) is 0 Å². The van der Waals surface area contributed by atoms with E-state index in [-0.39, 0.29) is 0 Å². The van der Waals surface area contributed by atoms with Gasteiger partial charge in [0.1, 0.15) is 0 Å². The normalized spacial score (nSPS) is 13.1. The Hall–Kier alpha value is -0.610. The molecule has 0 bridgehead atoms. The third kappa shape index (κ3) is 5.14. The van der Waals surface area contributed by atoms with E-state index >= 15 is 0 Å². The van der Waals surface area contributed by atoms with Gasteiger partial charge in [-0.25, -0.2) is 9.97 Å². The van der Waals surface area contributed by atoms with Crippen molar-refractivity contribution in [2.24, 2.45) is 0 Å². The molecule has 3 nitrogen and oxygen atoms in total. The van der Waals surface area contributed by atoms with Gasteiger partial charge in [0, 0.05) is 30.2 Å². The first-order valence-electron chi connectivity index (χ1n) is 5.26. The van der Waals surface area contributed by atoms with Crippen LogP contribution in [0.25, 0.3) is 0 Å². The second kappa shape index (κ2) is 6.08. The van der Waals surface area contributed by atoms with Gasteiger partial charge in [-0.05, 0) is 12.5 Å². The van der Waals surface area contributed by atoms with Crippen LogP contribution in [0.4, 0.5) is 0 Å². The van der Waals surface area contributed by atoms with Crippen molar-refractivity contribution in [3.63, 3.8) is 0 Å². The average Bonchev–Trinajstić information content (AvgIpc) is 2.19. The second-order valence-corrected chi connectivity index (χ2v) is 5.44. The monoisotopic (exact) mass is 225 g/mol. The molecule has 1 unspecified atom stereocenters. The fraction of sp³-hybridized carbons (Fsp3) is 0.636. The van der Waals surface area contributed by atoms with Crippen molar-refractivity contribution >= 4 is 11.8 Å². The largest absolute Gasteiger partial charge is 0.313 e. The number of hydrogen-bond acceptors (Lipinski definition) is 4. The quantitative estimate of drug-likeness (QED) is 0.616. The molecule has 1 atom stereocenters. The number of hydrogen-bond donors (Lipinski definition) is 1. The molecule has 0 fully saturated rings. The predicted octanol–water partition coefficient (Wildman–Crippen LogP) is 2.26. The molecule has 0 saturated carbocycles. The second-order valence-electron chi connectivity index (χ2n) is 4.03. The highest BCUT2D eigenvalue weighted by Crippen LogP contribution is 2.17. The molecular formula is C11H19N3S. The van der Waals surface area contributed by atoms with Crippen molar-refractivity contribution in [2.75, 3.05) is 6.54 Å². The van der Waals surface area contributed by atoms with Crippen LogP contribution in [0.5, 0.6) is 0 Å².